The van der Waals surface area contributed by atoms with E-state index < -0.39 is 4.32 Å². The first-order chi connectivity index (χ1) is 7.63. The van der Waals surface area contributed by atoms with E-state index in [2.05, 4.69) is 52.4 Å². The highest BCUT2D eigenvalue weighted by molar-refractivity contribution is 9.10. The van der Waals surface area contributed by atoms with Gasteiger partial charge in [-0.1, -0.05) is 45.8 Å². The summed E-state index contributed by atoms with van der Waals surface area (Å²) in [4.78, 5) is 12.0. The van der Waals surface area contributed by atoms with Crippen LogP contribution in [0.5, 0.6) is 0 Å². The molecule has 0 aliphatic heterocycles. The third-order valence-electron chi connectivity index (χ3n) is 2.74. The van der Waals surface area contributed by atoms with Crippen LogP contribution in [0, 0.1) is 6.92 Å². The lowest BCUT2D eigenvalue weighted by Gasteiger charge is -2.30. The molecule has 94 valence electrons. The van der Waals surface area contributed by atoms with Crippen molar-refractivity contribution in [2.45, 2.75) is 44.5 Å². The topological polar surface area (TPSA) is 29.1 Å². The fraction of sp³-hybridized carbons (Fsp3) is 0.500. The summed E-state index contributed by atoms with van der Waals surface area (Å²) in [5.41, 5.74) is 1.96. The Kier molecular flexibility index (Phi) is 4.03. The van der Waals surface area contributed by atoms with Crippen molar-refractivity contribution in [1.29, 1.82) is 0 Å². The number of nitrogens with one attached hydrogen (secondary N) is 1. The third kappa shape index (κ3) is 3.84. The summed E-state index contributed by atoms with van der Waals surface area (Å²) >= 11 is 3.37. The Bertz CT molecular complexity index is 401. The molecule has 0 aromatic heterocycles. The summed E-state index contributed by atoms with van der Waals surface area (Å²) in [7, 11) is 0. The van der Waals surface area contributed by atoms with E-state index in [9.17, 15) is 4.79 Å². The third-order valence-corrected chi connectivity index (χ3v) is 3.10. The highest BCUT2D eigenvalue weighted by atomic mass is 79.9. The Balaban J connectivity index is 2.89. The minimum atomic E-state index is -0.547. The molecule has 0 saturated heterocycles. The van der Waals surface area contributed by atoms with Crippen LogP contribution in [-0.2, 0) is 10.3 Å². The Morgan fingerprint density at radius 1 is 1.12 bits per heavy atom. The summed E-state index contributed by atoms with van der Waals surface area (Å²) in [6.07, 6.45) is 0. The average molecular weight is 298 g/mol. The molecule has 0 atom stereocenters. The first-order valence-corrected chi connectivity index (χ1v) is 6.51. The molecule has 0 fully saturated rings. The lowest BCUT2D eigenvalue weighted by Crippen LogP contribution is -2.47. The largest absolute Gasteiger partial charge is 0.346 e. The summed E-state index contributed by atoms with van der Waals surface area (Å²) in [6.45, 7) is 9.75. The van der Waals surface area contributed by atoms with Gasteiger partial charge in [0.15, 0.2) is 0 Å². The van der Waals surface area contributed by atoms with Gasteiger partial charge in [0.1, 0.15) is 0 Å². The van der Waals surface area contributed by atoms with Gasteiger partial charge in [0.05, 0.1) is 9.86 Å². The van der Waals surface area contributed by atoms with Crippen molar-refractivity contribution in [2.75, 3.05) is 0 Å². The highest BCUT2D eigenvalue weighted by Gasteiger charge is 2.30. The molecule has 0 spiro atoms. The molecule has 0 saturated carbocycles. The van der Waals surface area contributed by atoms with Gasteiger partial charge in [-0.15, -0.1) is 0 Å². The van der Waals surface area contributed by atoms with Crippen LogP contribution < -0.4 is 5.32 Å². The zero-order valence-corrected chi connectivity index (χ0v) is 12.7. The highest BCUT2D eigenvalue weighted by Crippen LogP contribution is 2.23. The van der Waals surface area contributed by atoms with Gasteiger partial charge in [0.25, 0.3) is 0 Å². The second-order valence-electron chi connectivity index (χ2n) is 5.42. The molecule has 0 heterocycles. The first-order valence-electron chi connectivity index (χ1n) is 5.71. The monoisotopic (exact) mass is 297 g/mol. The van der Waals surface area contributed by atoms with Crippen molar-refractivity contribution in [2.24, 2.45) is 0 Å². The molecule has 3 heteroatoms. The van der Waals surface area contributed by atoms with Crippen molar-refractivity contribution in [3.05, 3.63) is 35.4 Å². The lowest BCUT2D eigenvalue weighted by atomic mass is 9.93. The number of rotatable bonds is 3. The molecule has 0 unspecified atom stereocenters. The zero-order valence-electron chi connectivity index (χ0n) is 11.1. The van der Waals surface area contributed by atoms with Crippen LogP contribution in [0.3, 0.4) is 0 Å². The van der Waals surface area contributed by atoms with Crippen molar-refractivity contribution >= 4 is 21.8 Å². The predicted octanol–water partition coefficient (Wildman–Crippen LogP) is 3.52. The SMILES string of the molecule is Cc1ccc(C(C)(C)NC(=O)C(C)(C)Br)cc1. The first kappa shape index (κ1) is 14.2. The van der Waals surface area contributed by atoms with Crippen molar-refractivity contribution in [1.82, 2.24) is 5.32 Å². The summed E-state index contributed by atoms with van der Waals surface area (Å²) in [6, 6.07) is 8.22. The standard InChI is InChI=1S/C14H20BrNO/c1-10-6-8-11(9-7-10)14(4,5)16-12(17)13(2,3)15/h6-9H,1-5H3,(H,16,17). The van der Waals surface area contributed by atoms with Gasteiger partial charge in [0, 0.05) is 0 Å². The molecule has 0 radical (unpaired) electrons. The lowest BCUT2D eigenvalue weighted by molar-refractivity contribution is -0.124. The van der Waals surface area contributed by atoms with Crippen molar-refractivity contribution in [3.63, 3.8) is 0 Å². The number of alkyl halides is 1. The van der Waals surface area contributed by atoms with Crippen LogP contribution >= 0.6 is 15.9 Å². The molecule has 1 rings (SSSR count). The van der Waals surface area contributed by atoms with Gasteiger partial charge in [-0.25, -0.2) is 0 Å². The normalized spacial score (nSPS) is 12.4. The van der Waals surface area contributed by atoms with Crippen molar-refractivity contribution < 1.29 is 4.79 Å². The second-order valence-corrected chi connectivity index (χ2v) is 7.40. The smallest absolute Gasteiger partial charge is 0.237 e. The van der Waals surface area contributed by atoms with Crippen LogP contribution in [0.2, 0.25) is 0 Å². The maximum absolute atomic E-state index is 12.0. The molecule has 17 heavy (non-hydrogen) atoms. The molecule has 0 bridgehead atoms. The van der Waals surface area contributed by atoms with E-state index in [1.54, 1.807) is 0 Å². The predicted molar refractivity (Wildman–Crippen MR) is 75.4 cm³/mol. The molecule has 0 aliphatic carbocycles. The fourth-order valence-corrected chi connectivity index (χ4v) is 1.57. The number of halogens is 1. The van der Waals surface area contributed by atoms with Crippen molar-refractivity contribution in [3.8, 4) is 0 Å². The van der Waals surface area contributed by atoms with E-state index in [1.165, 1.54) is 5.56 Å². The van der Waals surface area contributed by atoms with E-state index in [0.29, 0.717) is 0 Å². The second kappa shape index (κ2) is 4.81. The minimum Gasteiger partial charge on any atom is -0.346 e. The van der Waals surface area contributed by atoms with E-state index in [-0.39, 0.29) is 11.4 Å². The average Bonchev–Trinajstić information content (AvgIpc) is 2.16. The maximum atomic E-state index is 12.0. The van der Waals surface area contributed by atoms with Crippen LogP contribution in [0.15, 0.2) is 24.3 Å². The molecule has 1 N–H and O–H groups in total. The number of benzene rings is 1. The Morgan fingerprint density at radius 2 is 1.59 bits per heavy atom. The molecular formula is C14H20BrNO. The van der Waals surface area contributed by atoms with E-state index in [0.717, 1.165) is 5.56 Å². The molecular weight excluding hydrogens is 278 g/mol. The number of aryl methyl sites for hydroxylation is 1. The number of hydrogen-bond donors (Lipinski definition) is 1. The quantitative estimate of drug-likeness (QED) is 0.850. The van der Waals surface area contributed by atoms with Crippen LogP contribution in [0.25, 0.3) is 0 Å². The Hall–Kier alpha value is -0.830. The summed E-state index contributed by atoms with van der Waals surface area (Å²) < 4.78 is -0.547. The van der Waals surface area contributed by atoms with Gasteiger partial charge in [-0.3, -0.25) is 4.79 Å². The fourth-order valence-electron chi connectivity index (χ4n) is 1.47. The summed E-state index contributed by atoms with van der Waals surface area (Å²) in [5, 5.41) is 3.05. The van der Waals surface area contributed by atoms with Gasteiger partial charge >= 0.3 is 0 Å². The van der Waals surface area contributed by atoms with Gasteiger partial charge < -0.3 is 5.32 Å². The number of amides is 1. The molecule has 1 aromatic rings. The van der Waals surface area contributed by atoms with Gasteiger partial charge in [-0.2, -0.15) is 0 Å². The van der Waals surface area contributed by atoms with E-state index in [4.69, 9.17) is 0 Å². The van der Waals surface area contributed by atoms with Crippen LogP contribution in [-0.4, -0.2) is 10.2 Å². The molecule has 1 aromatic carbocycles. The Morgan fingerprint density at radius 3 is 2.00 bits per heavy atom. The zero-order chi connectivity index (χ0) is 13.3. The van der Waals surface area contributed by atoms with E-state index in [1.807, 2.05) is 27.7 Å². The van der Waals surface area contributed by atoms with Crippen LogP contribution in [0.1, 0.15) is 38.8 Å². The molecule has 2 nitrogen and oxygen atoms in total. The molecule has 0 aliphatic rings. The van der Waals surface area contributed by atoms with Gasteiger partial charge in [-0.05, 0) is 40.2 Å². The van der Waals surface area contributed by atoms with Crippen LogP contribution in [0.4, 0.5) is 0 Å². The number of carbonyl (C=O) groups is 1. The number of carbonyl (C=O) groups excluding carboxylic acids is 1. The maximum Gasteiger partial charge on any atom is 0.237 e. The molecule has 1 amide bonds. The minimum absolute atomic E-state index is 0.0110. The summed E-state index contributed by atoms with van der Waals surface area (Å²) in [5.74, 6) is -0.0110. The number of hydrogen-bond acceptors (Lipinski definition) is 1. The van der Waals surface area contributed by atoms with E-state index >= 15 is 0 Å². The Labute approximate surface area is 112 Å². The van der Waals surface area contributed by atoms with Gasteiger partial charge in [0.2, 0.25) is 5.91 Å².